The summed E-state index contributed by atoms with van der Waals surface area (Å²) in [5.74, 6) is -0.0383. The minimum atomic E-state index is -0.217. The van der Waals surface area contributed by atoms with Gasteiger partial charge in [0.25, 0.3) is 0 Å². The minimum absolute atomic E-state index is 0.0383. The van der Waals surface area contributed by atoms with Crippen LogP contribution in [0.1, 0.15) is 49.5 Å². The first-order chi connectivity index (χ1) is 9.63. The molecule has 0 atom stereocenters. The van der Waals surface area contributed by atoms with E-state index in [1.807, 2.05) is 25.1 Å². The maximum Gasteiger partial charge on any atom is 0.229 e. The van der Waals surface area contributed by atoms with Crippen molar-refractivity contribution in [2.45, 2.75) is 52.4 Å². The van der Waals surface area contributed by atoms with Gasteiger partial charge in [0.1, 0.15) is 0 Å². The van der Waals surface area contributed by atoms with Gasteiger partial charge in [-0.2, -0.15) is 0 Å². The van der Waals surface area contributed by atoms with Gasteiger partial charge in [-0.15, -0.1) is 11.3 Å². The Morgan fingerprint density at radius 1 is 1.15 bits per heavy atom. The summed E-state index contributed by atoms with van der Waals surface area (Å²) < 4.78 is 0.974. The molecule has 0 bridgehead atoms. The number of hydrogen-bond donors (Lipinski definition) is 1. The van der Waals surface area contributed by atoms with Crippen LogP contribution in [0.2, 0.25) is 0 Å². The van der Waals surface area contributed by atoms with Crippen molar-refractivity contribution in [2.24, 2.45) is 0 Å². The maximum absolute atomic E-state index is 12.2. The van der Waals surface area contributed by atoms with Crippen LogP contribution < -0.4 is 5.43 Å². The molecule has 0 spiro atoms. The Bertz CT molecular complexity index is 643. The highest BCUT2D eigenvalue weighted by atomic mass is 32.1. The third-order valence-electron chi connectivity index (χ3n) is 3.60. The van der Waals surface area contributed by atoms with Crippen LogP contribution in [-0.4, -0.2) is 5.11 Å². The van der Waals surface area contributed by atoms with Crippen molar-refractivity contribution in [3.05, 3.63) is 38.9 Å². The first kappa shape index (κ1) is 15.0. The summed E-state index contributed by atoms with van der Waals surface area (Å²) >= 11 is 1.55. The number of unbranched alkanes of at least 4 members (excludes halogenated alkanes) is 4. The van der Waals surface area contributed by atoms with Crippen molar-refractivity contribution in [3.63, 3.8) is 0 Å². The molecular formula is C17H22O2S. The standard InChI is InChI=1S/C17H22O2S/c1-3-4-5-6-7-8-15-17(19)16(18)13-11-12(2)9-10-14(13)20-15/h9-11,19H,3-8H2,1-2H3. The van der Waals surface area contributed by atoms with Crippen molar-refractivity contribution in [3.8, 4) is 5.75 Å². The molecule has 2 nitrogen and oxygen atoms in total. The Balaban J connectivity index is 2.20. The van der Waals surface area contributed by atoms with Gasteiger partial charge in [0.05, 0.1) is 4.88 Å². The number of hydrogen-bond acceptors (Lipinski definition) is 3. The van der Waals surface area contributed by atoms with Gasteiger partial charge in [0, 0.05) is 10.1 Å². The van der Waals surface area contributed by atoms with E-state index < -0.39 is 0 Å². The predicted molar refractivity (Wildman–Crippen MR) is 87.0 cm³/mol. The van der Waals surface area contributed by atoms with Crippen molar-refractivity contribution < 1.29 is 5.11 Å². The van der Waals surface area contributed by atoms with Gasteiger partial charge < -0.3 is 5.11 Å². The van der Waals surface area contributed by atoms with E-state index in [-0.39, 0.29) is 11.2 Å². The van der Waals surface area contributed by atoms with Crippen molar-refractivity contribution in [1.82, 2.24) is 0 Å². The van der Waals surface area contributed by atoms with Crippen LogP contribution in [0.25, 0.3) is 10.1 Å². The highest BCUT2D eigenvalue weighted by Crippen LogP contribution is 2.28. The zero-order valence-corrected chi connectivity index (χ0v) is 13.1. The molecule has 20 heavy (non-hydrogen) atoms. The first-order valence-electron chi connectivity index (χ1n) is 7.38. The van der Waals surface area contributed by atoms with Crippen molar-refractivity contribution in [2.75, 3.05) is 0 Å². The fourth-order valence-corrected chi connectivity index (χ4v) is 3.50. The fourth-order valence-electron chi connectivity index (χ4n) is 2.40. The molecule has 2 rings (SSSR count). The van der Waals surface area contributed by atoms with Gasteiger partial charge in [-0.25, -0.2) is 0 Å². The topological polar surface area (TPSA) is 37.3 Å². The van der Waals surface area contributed by atoms with E-state index in [1.165, 1.54) is 25.7 Å². The lowest BCUT2D eigenvalue weighted by Gasteiger charge is -2.06. The quantitative estimate of drug-likeness (QED) is 0.777. The fraction of sp³-hybridized carbons (Fsp3) is 0.471. The van der Waals surface area contributed by atoms with Crippen molar-refractivity contribution >= 4 is 21.4 Å². The van der Waals surface area contributed by atoms with Gasteiger partial charge in [-0.1, -0.05) is 44.2 Å². The number of rotatable bonds is 6. The number of benzene rings is 1. The summed E-state index contributed by atoms with van der Waals surface area (Å²) in [6.45, 7) is 4.16. The maximum atomic E-state index is 12.2. The van der Waals surface area contributed by atoms with Crippen LogP contribution in [0.3, 0.4) is 0 Å². The van der Waals surface area contributed by atoms with Gasteiger partial charge in [-0.3, -0.25) is 4.79 Å². The Hall–Kier alpha value is -1.35. The molecule has 1 aromatic carbocycles. The summed E-state index contributed by atoms with van der Waals surface area (Å²) in [4.78, 5) is 13.0. The van der Waals surface area contributed by atoms with Crippen LogP contribution in [-0.2, 0) is 6.42 Å². The lowest BCUT2D eigenvalue weighted by molar-refractivity contribution is 0.465. The zero-order valence-electron chi connectivity index (χ0n) is 12.2. The highest BCUT2D eigenvalue weighted by molar-refractivity contribution is 7.18. The summed E-state index contributed by atoms with van der Waals surface area (Å²) in [6, 6.07) is 5.86. The first-order valence-corrected chi connectivity index (χ1v) is 8.20. The smallest absolute Gasteiger partial charge is 0.229 e. The molecule has 2 aromatic rings. The predicted octanol–water partition coefficient (Wildman–Crippen LogP) is 4.79. The van der Waals surface area contributed by atoms with Crippen molar-refractivity contribution in [1.29, 1.82) is 0 Å². The van der Waals surface area contributed by atoms with Crippen LogP contribution in [0.4, 0.5) is 0 Å². The van der Waals surface area contributed by atoms with Gasteiger partial charge >= 0.3 is 0 Å². The molecule has 0 saturated heterocycles. The van der Waals surface area contributed by atoms with E-state index in [4.69, 9.17) is 0 Å². The Morgan fingerprint density at radius 2 is 1.90 bits per heavy atom. The molecule has 108 valence electrons. The lowest BCUT2D eigenvalue weighted by atomic mass is 10.1. The molecule has 0 unspecified atom stereocenters. The average molecular weight is 290 g/mol. The molecule has 1 N–H and O–H groups in total. The number of aryl methyl sites for hydroxylation is 2. The molecule has 3 heteroatoms. The summed E-state index contributed by atoms with van der Waals surface area (Å²) in [5.41, 5.74) is 0.833. The molecule has 0 fully saturated rings. The zero-order chi connectivity index (χ0) is 14.5. The second-order valence-corrected chi connectivity index (χ2v) is 6.50. The summed E-state index contributed by atoms with van der Waals surface area (Å²) in [5, 5.41) is 10.7. The highest BCUT2D eigenvalue weighted by Gasteiger charge is 2.11. The van der Waals surface area contributed by atoms with E-state index in [9.17, 15) is 9.90 Å². The SMILES string of the molecule is CCCCCCCc1sc2ccc(C)cc2c(=O)c1O. The van der Waals surface area contributed by atoms with Crippen LogP contribution in [0.5, 0.6) is 5.75 Å². The molecule has 0 aliphatic heterocycles. The lowest BCUT2D eigenvalue weighted by Crippen LogP contribution is -2.03. The van der Waals surface area contributed by atoms with Crippen LogP contribution in [0.15, 0.2) is 23.0 Å². The Morgan fingerprint density at radius 3 is 2.65 bits per heavy atom. The molecule has 0 aliphatic carbocycles. The second kappa shape index (κ2) is 6.89. The van der Waals surface area contributed by atoms with Gasteiger partial charge in [0.2, 0.25) is 5.43 Å². The Labute approximate surface area is 124 Å². The molecule has 0 amide bonds. The summed E-state index contributed by atoms with van der Waals surface area (Å²) in [7, 11) is 0. The number of fused-ring (bicyclic) bond motifs is 1. The molecule has 1 aromatic heterocycles. The monoisotopic (exact) mass is 290 g/mol. The average Bonchev–Trinajstić information content (AvgIpc) is 2.44. The third kappa shape index (κ3) is 3.40. The van der Waals surface area contributed by atoms with E-state index in [0.717, 1.165) is 28.0 Å². The summed E-state index contributed by atoms with van der Waals surface area (Å²) in [6.07, 6.45) is 6.74. The molecule has 0 saturated carbocycles. The number of aromatic hydroxyl groups is 1. The van der Waals surface area contributed by atoms with E-state index >= 15 is 0 Å². The molecule has 1 heterocycles. The molecule has 0 aliphatic rings. The van der Waals surface area contributed by atoms with E-state index in [2.05, 4.69) is 6.92 Å². The third-order valence-corrected chi connectivity index (χ3v) is 4.82. The second-order valence-electron chi connectivity index (χ2n) is 5.37. The van der Waals surface area contributed by atoms with Crippen LogP contribution in [0, 0.1) is 6.92 Å². The van der Waals surface area contributed by atoms with Gasteiger partial charge in [-0.05, 0) is 31.9 Å². The van der Waals surface area contributed by atoms with E-state index in [1.54, 1.807) is 11.3 Å². The largest absolute Gasteiger partial charge is 0.503 e. The van der Waals surface area contributed by atoms with E-state index in [0.29, 0.717) is 5.39 Å². The minimum Gasteiger partial charge on any atom is -0.503 e. The molecular weight excluding hydrogens is 268 g/mol. The van der Waals surface area contributed by atoms with Crippen LogP contribution >= 0.6 is 11.3 Å². The Kier molecular flexibility index (Phi) is 5.18. The van der Waals surface area contributed by atoms with Gasteiger partial charge in [0.15, 0.2) is 5.75 Å². The normalized spacial score (nSPS) is 11.1. The molecule has 0 radical (unpaired) electrons.